The molecular weight excluding hydrogens is 315 g/mol. The quantitative estimate of drug-likeness (QED) is 0.703. The number of halogens is 1. The van der Waals surface area contributed by atoms with Crippen LogP contribution in [0.3, 0.4) is 0 Å². The molecule has 0 heterocycles. The van der Waals surface area contributed by atoms with Gasteiger partial charge in [-0.15, -0.1) is 0 Å². The van der Waals surface area contributed by atoms with Gasteiger partial charge < -0.3 is 5.11 Å². The molecule has 8 atom stereocenters. The zero-order valence-electron chi connectivity index (χ0n) is 15.7. The number of allylic oxidation sites excluding steroid dienone is 2. The average Bonchev–Trinajstić information content (AvgIpc) is 2.85. The zero-order chi connectivity index (χ0) is 18.1. The summed E-state index contributed by atoms with van der Waals surface area (Å²) in [6.07, 6.45) is 4.77. The molecule has 0 spiro atoms. The monoisotopic (exact) mass is 346 g/mol. The van der Waals surface area contributed by atoms with E-state index in [-0.39, 0.29) is 28.4 Å². The summed E-state index contributed by atoms with van der Waals surface area (Å²) in [6, 6.07) is 0. The Morgan fingerprint density at radius 1 is 1.36 bits per heavy atom. The van der Waals surface area contributed by atoms with Gasteiger partial charge in [-0.05, 0) is 85.2 Å². The summed E-state index contributed by atoms with van der Waals surface area (Å²) in [6.45, 7) is 10.7. The molecular formula is C22H31FO2. The van der Waals surface area contributed by atoms with Gasteiger partial charge in [0.15, 0.2) is 5.78 Å². The van der Waals surface area contributed by atoms with E-state index in [0.29, 0.717) is 36.7 Å². The lowest BCUT2D eigenvalue weighted by Gasteiger charge is -2.60. The largest absolute Gasteiger partial charge is 0.393 e. The first-order valence-corrected chi connectivity index (χ1v) is 9.91. The second kappa shape index (κ2) is 5.52. The lowest BCUT2D eigenvalue weighted by molar-refractivity contribution is -0.138. The second-order valence-corrected chi connectivity index (χ2v) is 9.74. The van der Waals surface area contributed by atoms with E-state index < -0.39 is 12.3 Å². The Morgan fingerprint density at radius 2 is 2.08 bits per heavy atom. The maximum Gasteiger partial charge on any atom is 0.155 e. The van der Waals surface area contributed by atoms with E-state index >= 15 is 4.39 Å². The van der Waals surface area contributed by atoms with Crippen molar-refractivity contribution in [3.63, 3.8) is 0 Å². The molecule has 4 aliphatic rings. The number of ketones is 1. The molecule has 0 amide bonds. The van der Waals surface area contributed by atoms with Crippen LogP contribution in [-0.4, -0.2) is 23.2 Å². The number of hydrogen-bond acceptors (Lipinski definition) is 2. The summed E-state index contributed by atoms with van der Waals surface area (Å²) in [5.41, 5.74) is 1.55. The van der Waals surface area contributed by atoms with Crippen molar-refractivity contribution in [1.29, 1.82) is 0 Å². The van der Waals surface area contributed by atoms with Crippen molar-refractivity contribution in [1.82, 2.24) is 0 Å². The van der Waals surface area contributed by atoms with Gasteiger partial charge in [-0.2, -0.15) is 0 Å². The van der Waals surface area contributed by atoms with Gasteiger partial charge in [-0.25, -0.2) is 4.39 Å². The van der Waals surface area contributed by atoms with Crippen LogP contribution < -0.4 is 0 Å². The standard InChI is InChI=1S/C22H31FO2/c1-12(2)15-5-6-16-14-10-18(23)17-9-13(24)7-8-21(17,3)20(14)19(25)11-22(15,16)4/h9,14-16,18-20,25H,1,5-8,10-11H2,2-4H3/t14-,15+,16-,18?,19?,20+,21-,22+/m0/s1. The van der Waals surface area contributed by atoms with E-state index in [1.54, 1.807) is 6.08 Å². The van der Waals surface area contributed by atoms with Crippen molar-refractivity contribution < 1.29 is 14.3 Å². The molecule has 25 heavy (non-hydrogen) atoms. The van der Waals surface area contributed by atoms with E-state index in [2.05, 4.69) is 27.4 Å². The number of alkyl halides is 1. The van der Waals surface area contributed by atoms with Gasteiger partial charge >= 0.3 is 0 Å². The van der Waals surface area contributed by atoms with Crippen LogP contribution in [0.15, 0.2) is 23.8 Å². The first kappa shape index (κ1) is 17.5. The van der Waals surface area contributed by atoms with E-state index in [1.165, 1.54) is 5.57 Å². The third-order valence-electron chi connectivity index (χ3n) is 8.46. The molecule has 2 nitrogen and oxygen atoms in total. The highest BCUT2D eigenvalue weighted by Gasteiger charge is 2.63. The molecule has 3 heteroatoms. The Hall–Kier alpha value is -0.960. The maximum absolute atomic E-state index is 15.2. The third-order valence-corrected chi connectivity index (χ3v) is 8.46. The molecule has 0 bridgehead atoms. The van der Waals surface area contributed by atoms with Gasteiger partial charge in [-0.3, -0.25) is 4.79 Å². The van der Waals surface area contributed by atoms with Crippen LogP contribution in [0.5, 0.6) is 0 Å². The summed E-state index contributed by atoms with van der Waals surface area (Å²) >= 11 is 0. The molecule has 4 rings (SSSR count). The summed E-state index contributed by atoms with van der Waals surface area (Å²) in [4.78, 5) is 11.9. The molecule has 138 valence electrons. The van der Waals surface area contributed by atoms with Gasteiger partial charge in [0.2, 0.25) is 0 Å². The SMILES string of the molecule is C=C(C)[C@H]1CC[C@H]2[C@@H]3CC(F)C4=CC(=O)CC[C@]4(C)[C@H]3C(O)C[C@]12C. The van der Waals surface area contributed by atoms with Gasteiger partial charge in [0, 0.05) is 6.42 Å². The van der Waals surface area contributed by atoms with Crippen LogP contribution in [-0.2, 0) is 4.79 Å². The fourth-order valence-corrected chi connectivity index (χ4v) is 7.50. The summed E-state index contributed by atoms with van der Waals surface area (Å²) in [5.74, 6) is 1.23. The molecule has 0 aromatic rings. The normalized spacial score (nSPS) is 52.0. The number of aliphatic hydroxyl groups is 1. The highest BCUT2D eigenvalue weighted by atomic mass is 19.1. The number of fused-ring (bicyclic) bond motifs is 5. The lowest BCUT2D eigenvalue weighted by atomic mass is 9.45. The maximum atomic E-state index is 15.2. The molecule has 0 aliphatic heterocycles. The van der Waals surface area contributed by atoms with Crippen molar-refractivity contribution >= 4 is 5.78 Å². The first-order chi connectivity index (χ1) is 11.7. The van der Waals surface area contributed by atoms with Gasteiger partial charge in [0.05, 0.1) is 6.10 Å². The van der Waals surface area contributed by atoms with Crippen molar-refractivity contribution in [2.45, 2.75) is 71.6 Å². The lowest BCUT2D eigenvalue weighted by Crippen LogP contribution is -2.58. The first-order valence-electron chi connectivity index (χ1n) is 9.91. The van der Waals surface area contributed by atoms with Crippen molar-refractivity contribution in [3.05, 3.63) is 23.8 Å². The van der Waals surface area contributed by atoms with E-state index in [4.69, 9.17) is 0 Å². The predicted octanol–water partition coefficient (Wildman–Crippen LogP) is 4.63. The van der Waals surface area contributed by atoms with Crippen LogP contribution in [0.2, 0.25) is 0 Å². The van der Waals surface area contributed by atoms with Gasteiger partial charge in [-0.1, -0.05) is 26.0 Å². The Balaban J connectivity index is 1.76. The average molecular weight is 346 g/mol. The van der Waals surface area contributed by atoms with Crippen LogP contribution in [0.25, 0.3) is 0 Å². The van der Waals surface area contributed by atoms with Crippen molar-refractivity contribution in [2.24, 2.45) is 34.5 Å². The van der Waals surface area contributed by atoms with Crippen molar-refractivity contribution in [3.8, 4) is 0 Å². The topological polar surface area (TPSA) is 37.3 Å². The Bertz CT molecular complexity index is 652. The second-order valence-electron chi connectivity index (χ2n) is 9.74. The predicted molar refractivity (Wildman–Crippen MR) is 96.7 cm³/mol. The minimum Gasteiger partial charge on any atom is -0.393 e. The molecule has 0 aromatic carbocycles. The van der Waals surface area contributed by atoms with Crippen LogP contribution in [0.1, 0.15) is 59.3 Å². The van der Waals surface area contributed by atoms with Gasteiger partial charge in [0.1, 0.15) is 6.17 Å². The third kappa shape index (κ3) is 2.27. The molecule has 1 N–H and O–H groups in total. The van der Waals surface area contributed by atoms with Crippen molar-refractivity contribution in [2.75, 3.05) is 0 Å². The molecule has 0 saturated heterocycles. The van der Waals surface area contributed by atoms with Crippen LogP contribution in [0, 0.1) is 34.5 Å². The molecule has 3 saturated carbocycles. The molecule has 0 aromatic heterocycles. The highest BCUT2D eigenvalue weighted by Crippen LogP contribution is 2.67. The zero-order valence-corrected chi connectivity index (χ0v) is 15.7. The molecule has 3 fully saturated rings. The Kier molecular flexibility index (Phi) is 3.85. The molecule has 4 aliphatic carbocycles. The van der Waals surface area contributed by atoms with E-state index in [0.717, 1.165) is 19.3 Å². The fraction of sp³-hybridized carbons (Fsp3) is 0.773. The van der Waals surface area contributed by atoms with Crippen LogP contribution in [0.4, 0.5) is 4.39 Å². The fourth-order valence-electron chi connectivity index (χ4n) is 7.50. The summed E-state index contributed by atoms with van der Waals surface area (Å²) in [7, 11) is 0. The minimum absolute atomic E-state index is 0.0359. The molecule has 0 radical (unpaired) electrons. The summed E-state index contributed by atoms with van der Waals surface area (Å²) < 4.78 is 15.2. The number of hydrogen-bond donors (Lipinski definition) is 1. The number of carbonyl (C=O) groups excluding carboxylic acids is 1. The Morgan fingerprint density at radius 3 is 2.76 bits per heavy atom. The number of rotatable bonds is 1. The van der Waals surface area contributed by atoms with Gasteiger partial charge in [0.25, 0.3) is 0 Å². The smallest absolute Gasteiger partial charge is 0.155 e. The van der Waals surface area contributed by atoms with Crippen LogP contribution >= 0.6 is 0 Å². The number of carbonyl (C=O) groups is 1. The summed E-state index contributed by atoms with van der Waals surface area (Å²) in [5, 5.41) is 11.2. The minimum atomic E-state index is -1.03. The Labute approximate surface area is 150 Å². The van der Waals surface area contributed by atoms with E-state index in [1.807, 2.05) is 0 Å². The number of aliphatic hydroxyl groups excluding tert-OH is 1. The van der Waals surface area contributed by atoms with E-state index in [9.17, 15) is 9.90 Å². The highest BCUT2D eigenvalue weighted by molar-refractivity contribution is 5.91. The molecule has 2 unspecified atom stereocenters.